The van der Waals surface area contributed by atoms with Gasteiger partial charge in [0.05, 0.1) is 19.1 Å². The number of aliphatic imine (C=N–C) groups is 1. The van der Waals surface area contributed by atoms with Gasteiger partial charge >= 0.3 is 0 Å². The van der Waals surface area contributed by atoms with Gasteiger partial charge in [0.25, 0.3) is 0 Å². The molecule has 0 N–H and O–H groups in total. The van der Waals surface area contributed by atoms with E-state index in [1.807, 2.05) is 79.7 Å². The second-order valence-electron chi connectivity index (χ2n) is 5.74. The highest BCUT2D eigenvalue weighted by Crippen LogP contribution is 2.29. The first kappa shape index (κ1) is 18.8. The van der Waals surface area contributed by atoms with Crippen molar-refractivity contribution in [1.82, 2.24) is 0 Å². The van der Waals surface area contributed by atoms with Crippen molar-refractivity contribution >= 4 is 22.5 Å². The van der Waals surface area contributed by atoms with Crippen LogP contribution in [-0.4, -0.2) is 12.2 Å². The fourth-order valence-electron chi connectivity index (χ4n) is 2.33. The third kappa shape index (κ3) is 5.50. The van der Waals surface area contributed by atoms with Crippen molar-refractivity contribution in [3.05, 3.63) is 96.8 Å². The molecular weight excluding hydrogens is 354 g/mol. The summed E-state index contributed by atoms with van der Waals surface area (Å²) in [5.74, 6) is 1.36. The molecule has 0 bridgehead atoms. The lowest BCUT2D eigenvalue weighted by Crippen LogP contribution is -1.98. The maximum absolute atomic E-state index is 5.86. The molecule has 0 unspecified atom stereocenters. The molecule has 0 aliphatic carbocycles. The largest absolute Gasteiger partial charge is 0.493 e. The van der Waals surface area contributed by atoms with Gasteiger partial charge in [-0.15, -0.1) is 0 Å². The van der Waals surface area contributed by atoms with Crippen molar-refractivity contribution < 1.29 is 9.47 Å². The number of nitrogens with zero attached hydrogens (tertiary/aromatic N) is 1. The van der Waals surface area contributed by atoms with Gasteiger partial charge in [-0.05, 0) is 43.3 Å². The Morgan fingerprint density at radius 2 is 1.41 bits per heavy atom. The van der Waals surface area contributed by atoms with Crippen LogP contribution in [0, 0.1) is 0 Å². The molecule has 0 radical (unpaired) electrons. The molecule has 0 aliphatic heterocycles. The Balaban J connectivity index is 1.88. The highest BCUT2D eigenvalue weighted by atomic mass is 32.2. The first-order valence-electron chi connectivity index (χ1n) is 8.60. The molecule has 0 heterocycles. The number of benzene rings is 3. The molecule has 136 valence electrons. The summed E-state index contributed by atoms with van der Waals surface area (Å²) in [6.07, 6.45) is 1.72. The minimum atomic E-state index is 0.670. The number of methoxy groups -OCH3 is 1. The number of hydrogen-bond donors (Lipinski definition) is 0. The van der Waals surface area contributed by atoms with Crippen LogP contribution >= 0.6 is 11.8 Å². The Bertz CT molecular complexity index is 921. The van der Waals surface area contributed by atoms with Gasteiger partial charge in [0.15, 0.2) is 11.5 Å². The third-order valence-corrected chi connectivity index (χ3v) is 4.83. The van der Waals surface area contributed by atoms with E-state index in [2.05, 4.69) is 12.1 Å². The van der Waals surface area contributed by atoms with E-state index in [1.165, 1.54) is 0 Å². The summed E-state index contributed by atoms with van der Waals surface area (Å²) in [7, 11) is 1.63. The number of thioether (sulfide) groups is 1. The summed E-state index contributed by atoms with van der Waals surface area (Å²) in [6.45, 7) is 1.99. The monoisotopic (exact) mass is 375 g/mol. The maximum atomic E-state index is 5.86. The van der Waals surface area contributed by atoms with E-state index >= 15 is 0 Å². The van der Waals surface area contributed by atoms with Crippen molar-refractivity contribution in [2.24, 2.45) is 4.99 Å². The van der Waals surface area contributed by atoms with E-state index in [0.29, 0.717) is 11.5 Å². The van der Waals surface area contributed by atoms with Gasteiger partial charge in [0.1, 0.15) is 5.04 Å². The van der Waals surface area contributed by atoms with Gasteiger partial charge in [-0.3, -0.25) is 0 Å². The van der Waals surface area contributed by atoms with Crippen LogP contribution in [0.15, 0.2) is 107 Å². The minimum Gasteiger partial charge on any atom is -0.493 e. The molecule has 0 amide bonds. The van der Waals surface area contributed by atoms with Crippen molar-refractivity contribution in [1.29, 1.82) is 0 Å². The maximum Gasteiger partial charge on any atom is 0.168 e. The fourth-order valence-corrected chi connectivity index (χ4v) is 3.21. The van der Waals surface area contributed by atoms with E-state index in [0.717, 1.165) is 21.2 Å². The van der Waals surface area contributed by atoms with E-state index < -0.39 is 0 Å². The second kappa shape index (κ2) is 9.64. The van der Waals surface area contributed by atoms with Gasteiger partial charge in [0.2, 0.25) is 0 Å². The fraction of sp³-hybridized carbons (Fsp3) is 0.0870. The summed E-state index contributed by atoms with van der Waals surface area (Å²) in [5, 5.41) is 0.877. The van der Waals surface area contributed by atoms with Crippen LogP contribution in [0.25, 0.3) is 0 Å². The summed E-state index contributed by atoms with van der Waals surface area (Å²) in [5.41, 5.74) is 1.83. The molecule has 3 aromatic rings. The predicted octanol–water partition coefficient (Wildman–Crippen LogP) is 6.50. The molecule has 0 aliphatic rings. The lowest BCUT2D eigenvalue weighted by atomic mass is 10.3. The zero-order valence-electron chi connectivity index (χ0n) is 15.3. The number of para-hydroxylation sites is 3. The van der Waals surface area contributed by atoms with Crippen LogP contribution in [0.2, 0.25) is 0 Å². The molecule has 0 saturated carbocycles. The zero-order chi connectivity index (χ0) is 18.9. The molecule has 27 heavy (non-hydrogen) atoms. The van der Waals surface area contributed by atoms with Crippen LogP contribution in [0.4, 0.5) is 5.69 Å². The highest BCUT2D eigenvalue weighted by molar-refractivity contribution is 8.14. The van der Waals surface area contributed by atoms with Crippen molar-refractivity contribution in [2.45, 2.75) is 11.8 Å². The van der Waals surface area contributed by atoms with Crippen LogP contribution < -0.4 is 9.47 Å². The summed E-state index contributed by atoms with van der Waals surface area (Å²) in [6, 6.07) is 27.7. The smallest absolute Gasteiger partial charge is 0.168 e. The Labute approximate surface area is 164 Å². The molecule has 0 fully saturated rings. The Morgan fingerprint density at radius 3 is 2.07 bits per heavy atom. The lowest BCUT2D eigenvalue weighted by Gasteiger charge is -2.10. The average Bonchev–Trinajstić information content (AvgIpc) is 2.73. The number of hydrogen-bond acceptors (Lipinski definition) is 4. The SMILES string of the molecule is COc1ccccc1O/C=C(C)/C(=N/c1ccccc1)Sc1ccccc1. The Morgan fingerprint density at radius 1 is 0.815 bits per heavy atom. The topological polar surface area (TPSA) is 30.8 Å². The van der Waals surface area contributed by atoms with Crippen molar-refractivity contribution in [3.63, 3.8) is 0 Å². The molecule has 3 rings (SSSR count). The standard InChI is InChI=1S/C23H21NO2S/c1-18(17-26-22-16-10-9-15-21(22)25-2)23(24-19-11-5-3-6-12-19)27-20-13-7-4-8-14-20/h3-17H,1-2H3/b18-17+,24-23-. The van der Waals surface area contributed by atoms with Gasteiger partial charge < -0.3 is 9.47 Å². The molecule has 3 nitrogen and oxygen atoms in total. The molecule has 0 atom stereocenters. The van der Waals surface area contributed by atoms with Gasteiger partial charge in [-0.1, -0.05) is 60.3 Å². The quantitative estimate of drug-likeness (QED) is 0.213. The average molecular weight is 375 g/mol. The van der Waals surface area contributed by atoms with Crippen molar-refractivity contribution in [2.75, 3.05) is 7.11 Å². The number of rotatable bonds is 6. The molecule has 4 heteroatoms. The predicted molar refractivity (Wildman–Crippen MR) is 113 cm³/mol. The van der Waals surface area contributed by atoms with Gasteiger partial charge in [-0.25, -0.2) is 4.99 Å². The van der Waals surface area contributed by atoms with Crippen LogP contribution in [0.1, 0.15) is 6.92 Å². The van der Waals surface area contributed by atoms with Crippen LogP contribution in [-0.2, 0) is 0 Å². The van der Waals surface area contributed by atoms with E-state index in [4.69, 9.17) is 14.5 Å². The van der Waals surface area contributed by atoms with E-state index in [9.17, 15) is 0 Å². The van der Waals surface area contributed by atoms with E-state index in [1.54, 1.807) is 25.1 Å². The summed E-state index contributed by atoms with van der Waals surface area (Å²) < 4.78 is 11.2. The molecule has 0 aromatic heterocycles. The molecule has 0 saturated heterocycles. The van der Waals surface area contributed by atoms with E-state index in [-0.39, 0.29) is 0 Å². The summed E-state index contributed by atoms with van der Waals surface area (Å²) >= 11 is 1.61. The molecular formula is C23H21NO2S. The highest BCUT2D eigenvalue weighted by Gasteiger charge is 2.08. The lowest BCUT2D eigenvalue weighted by molar-refractivity contribution is 0.377. The minimum absolute atomic E-state index is 0.670. The number of ether oxygens (including phenoxy) is 2. The van der Waals surface area contributed by atoms with Gasteiger partial charge in [-0.2, -0.15) is 0 Å². The summed E-state index contributed by atoms with van der Waals surface area (Å²) in [4.78, 5) is 5.93. The Kier molecular flexibility index (Phi) is 6.72. The van der Waals surface area contributed by atoms with Crippen LogP contribution in [0.5, 0.6) is 11.5 Å². The normalized spacial score (nSPS) is 11.9. The second-order valence-corrected chi connectivity index (χ2v) is 6.80. The first-order chi connectivity index (χ1) is 13.3. The van der Waals surface area contributed by atoms with Crippen molar-refractivity contribution in [3.8, 4) is 11.5 Å². The third-order valence-electron chi connectivity index (χ3n) is 3.71. The first-order valence-corrected chi connectivity index (χ1v) is 9.41. The van der Waals surface area contributed by atoms with Gasteiger partial charge in [0, 0.05) is 10.5 Å². The molecule has 3 aromatic carbocycles. The van der Waals surface area contributed by atoms with Crippen LogP contribution in [0.3, 0.4) is 0 Å². The molecule has 0 spiro atoms. The Hall–Kier alpha value is -2.98. The zero-order valence-corrected chi connectivity index (χ0v) is 16.1.